The summed E-state index contributed by atoms with van der Waals surface area (Å²) in [5, 5.41) is 0.423. The third-order valence-corrected chi connectivity index (χ3v) is 6.97. The van der Waals surface area contributed by atoms with Gasteiger partial charge < -0.3 is 4.98 Å². The minimum absolute atomic E-state index is 0.0903. The molecule has 6 nitrogen and oxygen atoms in total. The Kier molecular flexibility index (Phi) is 5.16. The highest BCUT2D eigenvalue weighted by atomic mass is 35.5. The summed E-state index contributed by atoms with van der Waals surface area (Å²) in [6, 6.07) is 13.1. The lowest BCUT2D eigenvalue weighted by Crippen LogP contribution is -2.05. The predicted molar refractivity (Wildman–Crippen MR) is 105 cm³/mol. The molecule has 0 amide bonds. The number of imidazole rings is 1. The Balaban J connectivity index is 2.20. The molecular formula is C18H17ClN2O4S2. The molecular weight excluding hydrogens is 408 g/mol. The molecule has 142 valence electrons. The zero-order valence-electron chi connectivity index (χ0n) is 14.6. The minimum atomic E-state index is -3.54. The molecule has 0 bridgehead atoms. The van der Waals surface area contributed by atoms with Gasteiger partial charge in [-0.05, 0) is 24.3 Å². The van der Waals surface area contributed by atoms with Crippen molar-refractivity contribution in [1.82, 2.24) is 9.97 Å². The second-order valence-electron chi connectivity index (χ2n) is 5.97. The average Bonchev–Trinajstić information content (AvgIpc) is 3.08. The fraction of sp³-hybridized carbons (Fsp3) is 0.167. The predicted octanol–water partition coefficient (Wildman–Crippen LogP) is 3.59. The van der Waals surface area contributed by atoms with E-state index in [1.54, 1.807) is 43.3 Å². The van der Waals surface area contributed by atoms with E-state index in [2.05, 4.69) is 9.97 Å². The SMILES string of the molecule is CCS(=O)(=O)c1nc(-c2ccc(Cl)cc2)c(-c2ccc(S(C)(=O)=O)cc2)[nH]1. The van der Waals surface area contributed by atoms with Gasteiger partial charge in [0.15, 0.2) is 9.84 Å². The molecule has 0 radical (unpaired) electrons. The van der Waals surface area contributed by atoms with Crippen LogP contribution in [0.1, 0.15) is 6.92 Å². The van der Waals surface area contributed by atoms with Crippen LogP contribution in [-0.4, -0.2) is 38.8 Å². The van der Waals surface area contributed by atoms with Crippen LogP contribution in [0, 0.1) is 0 Å². The average molecular weight is 425 g/mol. The van der Waals surface area contributed by atoms with Crippen LogP contribution in [0.3, 0.4) is 0 Å². The van der Waals surface area contributed by atoms with Crippen molar-refractivity contribution in [2.24, 2.45) is 0 Å². The van der Waals surface area contributed by atoms with Crippen molar-refractivity contribution < 1.29 is 16.8 Å². The van der Waals surface area contributed by atoms with Crippen molar-refractivity contribution >= 4 is 31.3 Å². The molecule has 3 aromatic rings. The summed E-state index contributed by atoms with van der Waals surface area (Å²) in [5.41, 5.74) is 2.25. The number of sulfone groups is 2. The third-order valence-electron chi connectivity index (χ3n) is 4.05. The van der Waals surface area contributed by atoms with Gasteiger partial charge in [-0.3, -0.25) is 0 Å². The van der Waals surface area contributed by atoms with E-state index in [4.69, 9.17) is 11.6 Å². The molecule has 1 heterocycles. The number of benzene rings is 2. The van der Waals surface area contributed by atoms with Gasteiger partial charge in [-0.15, -0.1) is 0 Å². The number of halogens is 1. The molecule has 1 aromatic heterocycles. The van der Waals surface area contributed by atoms with E-state index in [1.807, 2.05) is 0 Å². The van der Waals surface area contributed by atoms with Crippen molar-refractivity contribution in [3.05, 3.63) is 53.6 Å². The van der Waals surface area contributed by atoms with E-state index < -0.39 is 19.7 Å². The highest BCUT2D eigenvalue weighted by Gasteiger charge is 2.22. The summed E-state index contributed by atoms with van der Waals surface area (Å²) in [7, 11) is -6.87. The molecule has 0 aliphatic carbocycles. The second-order valence-corrected chi connectivity index (χ2v) is 10.6. The maximum Gasteiger partial charge on any atom is 0.226 e. The fourth-order valence-corrected chi connectivity index (χ4v) is 4.05. The van der Waals surface area contributed by atoms with Gasteiger partial charge in [0, 0.05) is 22.4 Å². The van der Waals surface area contributed by atoms with Crippen molar-refractivity contribution in [1.29, 1.82) is 0 Å². The summed E-state index contributed by atoms with van der Waals surface area (Å²) in [6.45, 7) is 1.54. The number of rotatable bonds is 5. The van der Waals surface area contributed by atoms with Crippen LogP contribution in [0.15, 0.2) is 58.6 Å². The Morgan fingerprint density at radius 3 is 2.00 bits per heavy atom. The first-order valence-corrected chi connectivity index (χ1v) is 11.9. The summed E-state index contributed by atoms with van der Waals surface area (Å²) >= 11 is 5.94. The van der Waals surface area contributed by atoms with Crippen LogP contribution in [-0.2, 0) is 19.7 Å². The van der Waals surface area contributed by atoms with Gasteiger partial charge >= 0.3 is 0 Å². The van der Waals surface area contributed by atoms with Crippen molar-refractivity contribution in [3.63, 3.8) is 0 Å². The summed E-state index contributed by atoms with van der Waals surface area (Å²) < 4.78 is 47.9. The van der Waals surface area contributed by atoms with E-state index in [0.29, 0.717) is 27.5 Å². The van der Waals surface area contributed by atoms with Gasteiger partial charge in [0.25, 0.3) is 0 Å². The number of nitrogens with one attached hydrogen (secondary N) is 1. The number of aromatic amines is 1. The Morgan fingerprint density at radius 1 is 0.926 bits per heavy atom. The standard InChI is InChI=1S/C18H17ClN2O4S2/c1-3-27(24,25)18-20-16(12-4-8-14(19)9-5-12)17(21-18)13-6-10-15(11-7-13)26(2,22)23/h4-11H,3H2,1-2H3,(H,20,21). The monoisotopic (exact) mass is 424 g/mol. The van der Waals surface area contributed by atoms with E-state index in [-0.39, 0.29) is 15.8 Å². The first-order chi connectivity index (χ1) is 12.6. The summed E-state index contributed by atoms with van der Waals surface area (Å²) in [4.78, 5) is 7.36. The van der Waals surface area contributed by atoms with Crippen molar-refractivity contribution in [3.8, 4) is 22.5 Å². The highest BCUT2D eigenvalue weighted by Crippen LogP contribution is 2.32. The molecule has 27 heavy (non-hydrogen) atoms. The first-order valence-electron chi connectivity index (χ1n) is 8.01. The van der Waals surface area contributed by atoms with Crippen LogP contribution in [0.4, 0.5) is 0 Å². The maximum atomic E-state index is 12.3. The van der Waals surface area contributed by atoms with Crippen LogP contribution in [0.2, 0.25) is 5.02 Å². The molecule has 3 rings (SSSR count). The van der Waals surface area contributed by atoms with Gasteiger partial charge in [-0.1, -0.05) is 42.8 Å². The maximum absolute atomic E-state index is 12.3. The molecule has 9 heteroatoms. The molecule has 0 aliphatic rings. The number of hydrogen-bond donors (Lipinski definition) is 1. The number of hydrogen-bond acceptors (Lipinski definition) is 5. The van der Waals surface area contributed by atoms with Gasteiger partial charge in [0.1, 0.15) is 0 Å². The van der Waals surface area contributed by atoms with Crippen LogP contribution < -0.4 is 0 Å². The lowest BCUT2D eigenvalue weighted by molar-refractivity contribution is 0.590. The Labute approximate surface area is 163 Å². The largest absolute Gasteiger partial charge is 0.328 e. The van der Waals surface area contributed by atoms with Crippen LogP contribution >= 0.6 is 11.6 Å². The third kappa shape index (κ3) is 4.07. The van der Waals surface area contributed by atoms with Gasteiger partial charge in [0.05, 0.1) is 22.0 Å². The zero-order valence-corrected chi connectivity index (χ0v) is 17.0. The second kappa shape index (κ2) is 7.10. The Morgan fingerprint density at radius 2 is 1.48 bits per heavy atom. The van der Waals surface area contributed by atoms with E-state index in [1.165, 1.54) is 12.1 Å². The lowest BCUT2D eigenvalue weighted by Gasteiger charge is -2.05. The minimum Gasteiger partial charge on any atom is -0.328 e. The molecule has 2 aromatic carbocycles. The topological polar surface area (TPSA) is 97.0 Å². The molecule has 0 unspecified atom stereocenters. The summed E-state index contributed by atoms with van der Waals surface area (Å²) in [6.07, 6.45) is 1.13. The molecule has 0 atom stereocenters. The Bertz CT molecular complexity index is 1180. The normalized spacial score (nSPS) is 12.3. The molecule has 0 saturated heterocycles. The Hall–Kier alpha value is -2.16. The summed E-state index contributed by atoms with van der Waals surface area (Å²) in [5.74, 6) is -0.0903. The van der Waals surface area contributed by atoms with E-state index in [9.17, 15) is 16.8 Å². The van der Waals surface area contributed by atoms with Crippen molar-refractivity contribution in [2.45, 2.75) is 17.0 Å². The quantitative estimate of drug-likeness (QED) is 0.674. The molecule has 0 saturated carbocycles. The van der Waals surface area contributed by atoms with Crippen molar-refractivity contribution in [2.75, 3.05) is 12.0 Å². The number of H-pyrrole nitrogens is 1. The molecule has 0 aliphatic heterocycles. The first kappa shape index (κ1) is 19.6. The smallest absolute Gasteiger partial charge is 0.226 e. The van der Waals surface area contributed by atoms with Gasteiger partial charge in [0.2, 0.25) is 15.0 Å². The van der Waals surface area contributed by atoms with E-state index in [0.717, 1.165) is 6.26 Å². The van der Waals surface area contributed by atoms with E-state index >= 15 is 0 Å². The molecule has 0 spiro atoms. The van der Waals surface area contributed by atoms with Crippen LogP contribution in [0.5, 0.6) is 0 Å². The number of aromatic nitrogens is 2. The number of nitrogens with zero attached hydrogens (tertiary/aromatic N) is 1. The molecule has 1 N–H and O–H groups in total. The lowest BCUT2D eigenvalue weighted by atomic mass is 10.1. The molecule has 0 fully saturated rings. The zero-order chi connectivity index (χ0) is 19.8. The highest BCUT2D eigenvalue weighted by molar-refractivity contribution is 7.91. The van der Waals surface area contributed by atoms with Gasteiger partial charge in [-0.25, -0.2) is 21.8 Å². The van der Waals surface area contributed by atoms with Gasteiger partial charge in [-0.2, -0.15) is 0 Å². The fourth-order valence-electron chi connectivity index (χ4n) is 2.53. The van der Waals surface area contributed by atoms with Crippen LogP contribution in [0.25, 0.3) is 22.5 Å².